The molecular weight excluding hydrogens is 556 g/mol. The lowest BCUT2D eigenvalue weighted by Gasteiger charge is -2.31. The monoisotopic (exact) mass is 606 g/mol. The minimum Gasteiger partial charge on any atom is -0.306 e. The number of carbonyl (C=O) groups excluding carboxylic acids is 3. The van der Waals surface area contributed by atoms with Crippen molar-refractivity contribution in [2.24, 2.45) is 23.2 Å². The molecule has 2 heterocycles. The number of rotatable bonds is 0. The number of hydrogen-bond donors (Lipinski definition) is 0. The summed E-state index contributed by atoms with van der Waals surface area (Å²) in [6.45, 7) is 18.3. The number of para-hydroxylation sites is 1. The molecule has 0 spiro atoms. The molecule has 0 aromatic heterocycles. The number of fused-ring (bicyclic) bond motifs is 3. The average molecular weight is 607 g/mol. The van der Waals surface area contributed by atoms with E-state index in [-0.39, 0.29) is 17.7 Å². The highest BCUT2D eigenvalue weighted by atomic mass is 16.2. The van der Waals surface area contributed by atoms with Crippen molar-refractivity contribution < 1.29 is 14.4 Å². The molecule has 1 unspecified atom stereocenters. The maximum atomic E-state index is 12.9. The molecule has 1 fully saturated rings. The van der Waals surface area contributed by atoms with Crippen LogP contribution in [0.1, 0.15) is 105 Å². The molecule has 6 rings (SSSR count). The fourth-order valence-electron chi connectivity index (χ4n) is 5.88. The van der Waals surface area contributed by atoms with Gasteiger partial charge in [0, 0.05) is 47.1 Å². The Bertz CT molecular complexity index is 1500. The van der Waals surface area contributed by atoms with Gasteiger partial charge in [0.1, 0.15) is 0 Å². The standard InChI is InChI=1S/C20H19NO.C10H14.C8H11NO2.C2H6/c1-20(2,3)19(22)21-14-17-10-5-4-8-15(17)12-13-16-9-6-7-11-18(16)21;1-8-9-6-4-2-3-5-7-10(8)9;1-8(2,3)9-6(10)4-5-7(9)11;1-2/h4-11H,14H2,1-3H3;8-10H,4-7H2,1H3;4-5H,1-3H3;1-2H3/t;8?,9-,10+;;. The lowest BCUT2D eigenvalue weighted by atomic mass is 9.93. The summed E-state index contributed by atoms with van der Waals surface area (Å²) in [4.78, 5) is 38.1. The summed E-state index contributed by atoms with van der Waals surface area (Å²) in [6, 6.07) is 15.9. The molecule has 3 atom stereocenters. The minimum absolute atomic E-state index is 0.110. The van der Waals surface area contributed by atoms with Crippen molar-refractivity contribution in [2.45, 2.75) is 100 Å². The van der Waals surface area contributed by atoms with Gasteiger partial charge >= 0.3 is 0 Å². The van der Waals surface area contributed by atoms with Crippen LogP contribution in [0.3, 0.4) is 0 Å². The first-order chi connectivity index (χ1) is 21.3. The summed E-state index contributed by atoms with van der Waals surface area (Å²) < 4.78 is 0. The highest BCUT2D eigenvalue weighted by molar-refractivity contribution is 6.13. The molecule has 2 aromatic carbocycles. The lowest BCUT2D eigenvalue weighted by molar-refractivity contribution is -0.142. The van der Waals surface area contributed by atoms with Crippen molar-refractivity contribution in [3.8, 4) is 23.7 Å². The van der Waals surface area contributed by atoms with Crippen LogP contribution in [0.25, 0.3) is 0 Å². The van der Waals surface area contributed by atoms with Gasteiger partial charge in [-0.25, -0.2) is 0 Å². The summed E-state index contributed by atoms with van der Waals surface area (Å²) in [7, 11) is 0. The third-order valence-electron chi connectivity index (χ3n) is 8.33. The number of amides is 3. The van der Waals surface area contributed by atoms with Crippen LogP contribution < -0.4 is 4.90 Å². The van der Waals surface area contributed by atoms with Crippen LogP contribution in [0.2, 0.25) is 0 Å². The molecule has 0 bridgehead atoms. The summed E-state index contributed by atoms with van der Waals surface area (Å²) in [5.74, 6) is 15.7. The second-order valence-corrected chi connectivity index (χ2v) is 13.7. The summed E-state index contributed by atoms with van der Waals surface area (Å²) >= 11 is 0. The Morgan fingerprint density at radius 3 is 1.76 bits per heavy atom. The Morgan fingerprint density at radius 1 is 0.756 bits per heavy atom. The predicted octanol–water partition coefficient (Wildman–Crippen LogP) is 8.16. The summed E-state index contributed by atoms with van der Waals surface area (Å²) in [5, 5.41) is 0. The van der Waals surface area contributed by atoms with E-state index >= 15 is 0 Å². The first-order valence-electron chi connectivity index (χ1n) is 16.3. The van der Waals surface area contributed by atoms with Crippen LogP contribution >= 0.6 is 0 Å². The largest absolute Gasteiger partial charge is 0.306 e. The number of benzene rings is 2. The normalized spacial score (nSPS) is 20.8. The molecule has 2 aromatic rings. The molecule has 5 heteroatoms. The van der Waals surface area contributed by atoms with Crippen molar-refractivity contribution in [1.82, 2.24) is 4.90 Å². The van der Waals surface area contributed by atoms with Gasteiger partial charge in [-0.1, -0.05) is 83.7 Å². The number of imide groups is 1. The molecular formula is C40H50N2O3. The van der Waals surface area contributed by atoms with Crippen LogP contribution in [0.15, 0.2) is 60.7 Å². The van der Waals surface area contributed by atoms with E-state index in [0.29, 0.717) is 6.54 Å². The molecule has 0 saturated heterocycles. The van der Waals surface area contributed by atoms with Gasteiger partial charge in [0.2, 0.25) is 5.91 Å². The Hall–Kier alpha value is -4.09. The van der Waals surface area contributed by atoms with E-state index < -0.39 is 11.0 Å². The quantitative estimate of drug-likeness (QED) is 0.225. The second kappa shape index (κ2) is 15.3. The molecule has 4 aliphatic rings. The highest BCUT2D eigenvalue weighted by Crippen LogP contribution is 2.51. The molecule has 0 N–H and O–H groups in total. The fourth-order valence-corrected chi connectivity index (χ4v) is 5.88. The molecule has 2 aliphatic carbocycles. The van der Waals surface area contributed by atoms with Crippen LogP contribution in [0.4, 0.5) is 5.69 Å². The number of nitrogens with zero attached hydrogens (tertiary/aromatic N) is 2. The molecule has 5 nitrogen and oxygen atoms in total. The lowest BCUT2D eigenvalue weighted by Crippen LogP contribution is -2.45. The van der Waals surface area contributed by atoms with E-state index in [4.69, 9.17) is 0 Å². The van der Waals surface area contributed by atoms with E-state index in [9.17, 15) is 14.4 Å². The molecule has 1 saturated carbocycles. The maximum Gasteiger partial charge on any atom is 0.254 e. The molecule has 0 radical (unpaired) electrons. The highest BCUT2D eigenvalue weighted by Gasteiger charge is 2.44. The number of carbonyl (C=O) groups is 3. The molecule has 238 valence electrons. The zero-order chi connectivity index (χ0) is 33.4. The van der Waals surface area contributed by atoms with E-state index in [1.807, 2.05) is 109 Å². The first kappa shape index (κ1) is 35.4. The van der Waals surface area contributed by atoms with E-state index in [1.54, 1.807) is 0 Å². The van der Waals surface area contributed by atoms with Crippen LogP contribution in [-0.4, -0.2) is 28.2 Å². The van der Waals surface area contributed by atoms with Crippen LogP contribution in [0.5, 0.6) is 0 Å². The van der Waals surface area contributed by atoms with Crippen molar-refractivity contribution in [3.63, 3.8) is 0 Å². The van der Waals surface area contributed by atoms with Gasteiger partial charge in [-0.15, -0.1) is 11.8 Å². The van der Waals surface area contributed by atoms with Crippen LogP contribution in [-0.2, 0) is 20.9 Å². The second-order valence-electron chi connectivity index (χ2n) is 13.7. The van der Waals surface area contributed by atoms with Gasteiger partial charge in [0.25, 0.3) is 11.8 Å². The van der Waals surface area contributed by atoms with Crippen LogP contribution in [0, 0.1) is 46.9 Å². The first-order valence-corrected chi connectivity index (χ1v) is 16.3. The number of hydrogen-bond acceptors (Lipinski definition) is 3. The Kier molecular flexibility index (Phi) is 12.0. The van der Waals surface area contributed by atoms with Gasteiger partial charge in [-0.3, -0.25) is 19.3 Å². The van der Waals surface area contributed by atoms with Crippen molar-refractivity contribution in [3.05, 3.63) is 77.4 Å². The maximum absolute atomic E-state index is 12.9. The van der Waals surface area contributed by atoms with E-state index in [1.165, 1.54) is 29.9 Å². The van der Waals surface area contributed by atoms with Gasteiger partial charge in [-0.05, 0) is 75.1 Å². The fraction of sp³-hybridized carbons (Fsp3) is 0.475. The van der Waals surface area contributed by atoms with E-state index in [0.717, 1.165) is 53.0 Å². The van der Waals surface area contributed by atoms with Crippen molar-refractivity contribution >= 4 is 23.4 Å². The summed E-state index contributed by atoms with van der Waals surface area (Å²) in [5.41, 5.74) is 3.02. The zero-order valence-corrected chi connectivity index (χ0v) is 28.7. The van der Waals surface area contributed by atoms with E-state index in [2.05, 4.69) is 30.6 Å². The van der Waals surface area contributed by atoms with Crippen molar-refractivity contribution in [1.29, 1.82) is 0 Å². The third kappa shape index (κ3) is 9.21. The van der Waals surface area contributed by atoms with Gasteiger partial charge in [-0.2, -0.15) is 0 Å². The average Bonchev–Trinajstić information content (AvgIpc) is 3.40. The van der Waals surface area contributed by atoms with Gasteiger partial charge in [0.15, 0.2) is 0 Å². The van der Waals surface area contributed by atoms with Gasteiger partial charge < -0.3 is 4.90 Å². The predicted molar refractivity (Wildman–Crippen MR) is 184 cm³/mol. The number of anilines is 1. The zero-order valence-electron chi connectivity index (χ0n) is 28.7. The molecule has 45 heavy (non-hydrogen) atoms. The smallest absolute Gasteiger partial charge is 0.254 e. The molecule has 2 aliphatic heterocycles. The SMILES string of the molecule is CC.CC(C)(C)C(=O)N1Cc2ccccc2C#Cc2ccccc21.CC(C)(C)N1C(=O)C=CC1=O.CC1[C@H]2CCC#CCC[C@@H]12. The molecule has 3 amide bonds. The van der Waals surface area contributed by atoms with Crippen molar-refractivity contribution in [2.75, 3.05) is 4.90 Å². The topological polar surface area (TPSA) is 57.7 Å². The Morgan fingerprint density at radius 2 is 1.24 bits per heavy atom. The minimum atomic E-state index is -0.436. The Labute approximate surface area is 271 Å². The Balaban J connectivity index is 0.000000200. The summed E-state index contributed by atoms with van der Waals surface area (Å²) in [6.07, 6.45) is 7.66. The third-order valence-corrected chi connectivity index (χ3v) is 8.33. The van der Waals surface area contributed by atoms with Gasteiger partial charge in [0.05, 0.1) is 12.2 Å².